The molecule has 1 N–H and O–H groups in total. The first-order chi connectivity index (χ1) is 7.22. The van der Waals surface area contributed by atoms with Gasteiger partial charge in [0, 0.05) is 6.61 Å². The number of aryl methyl sites for hydroxylation is 1. The van der Waals surface area contributed by atoms with Crippen molar-refractivity contribution in [1.29, 1.82) is 0 Å². The lowest BCUT2D eigenvalue weighted by Gasteiger charge is -2.10. The highest BCUT2D eigenvalue weighted by Crippen LogP contribution is 2.25. The van der Waals surface area contributed by atoms with Crippen LogP contribution in [0.5, 0.6) is 0 Å². The van der Waals surface area contributed by atoms with E-state index in [4.69, 9.17) is 4.74 Å². The summed E-state index contributed by atoms with van der Waals surface area (Å²) in [6.07, 6.45) is 2.76. The number of hydrogen-bond donors (Lipinski definition) is 1. The normalized spacial score (nSPS) is 20.8. The molecule has 2 rings (SSSR count). The van der Waals surface area contributed by atoms with Gasteiger partial charge in [-0.2, -0.15) is 0 Å². The lowest BCUT2D eigenvalue weighted by atomic mass is 10.2. The zero-order valence-electron chi connectivity index (χ0n) is 8.55. The molecule has 0 aromatic carbocycles. The summed E-state index contributed by atoms with van der Waals surface area (Å²) in [7, 11) is 0. The highest BCUT2D eigenvalue weighted by molar-refractivity contribution is 14.1. The van der Waals surface area contributed by atoms with Crippen LogP contribution in [0.2, 0.25) is 0 Å². The van der Waals surface area contributed by atoms with Gasteiger partial charge >= 0.3 is 0 Å². The second-order valence-electron chi connectivity index (χ2n) is 3.57. The molecule has 1 aliphatic heterocycles. The zero-order chi connectivity index (χ0) is 10.8. The number of hydrogen-bond acceptors (Lipinski definition) is 3. The van der Waals surface area contributed by atoms with Gasteiger partial charge < -0.3 is 9.72 Å². The third kappa shape index (κ3) is 2.23. The van der Waals surface area contributed by atoms with Crippen molar-refractivity contribution in [2.24, 2.45) is 0 Å². The average Bonchev–Trinajstić information content (AvgIpc) is 2.75. The Morgan fingerprint density at radius 3 is 3.07 bits per heavy atom. The molecule has 82 valence electrons. The molecule has 2 heterocycles. The molecule has 1 aromatic rings. The molecule has 0 saturated carbocycles. The van der Waals surface area contributed by atoms with Crippen LogP contribution in [0.1, 0.15) is 37.4 Å². The predicted octanol–water partition coefficient (Wildman–Crippen LogP) is 1.79. The summed E-state index contributed by atoms with van der Waals surface area (Å²) in [5, 5.41) is 0. The molecule has 1 aliphatic rings. The Morgan fingerprint density at radius 2 is 2.47 bits per heavy atom. The maximum Gasteiger partial charge on any atom is 0.264 e. The van der Waals surface area contributed by atoms with Crippen LogP contribution in [0, 0.1) is 3.57 Å². The standard InChI is InChI=1S/C10H13IN2O2/c1-2-6-8(11)10(14)13-9(12-6)7-4-3-5-15-7/h7H,2-5H2,1H3,(H,12,13,14). The molecular formula is C10H13IN2O2. The van der Waals surface area contributed by atoms with Crippen molar-refractivity contribution in [3.63, 3.8) is 0 Å². The molecule has 0 aliphatic carbocycles. The summed E-state index contributed by atoms with van der Waals surface area (Å²) in [5.41, 5.74) is 0.817. The third-order valence-corrected chi connectivity index (χ3v) is 3.63. The zero-order valence-corrected chi connectivity index (χ0v) is 10.7. The van der Waals surface area contributed by atoms with Crippen LogP contribution < -0.4 is 5.56 Å². The molecule has 15 heavy (non-hydrogen) atoms. The highest BCUT2D eigenvalue weighted by atomic mass is 127. The Labute approximate surface area is 102 Å². The Morgan fingerprint density at radius 1 is 1.67 bits per heavy atom. The first-order valence-corrected chi connectivity index (χ1v) is 6.20. The predicted molar refractivity (Wildman–Crippen MR) is 64.9 cm³/mol. The van der Waals surface area contributed by atoms with Gasteiger partial charge in [0.1, 0.15) is 11.9 Å². The summed E-state index contributed by atoms with van der Waals surface area (Å²) in [4.78, 5) is 18.9. The van der Waals surface area contributed by atoms with Gasteiger partial charge in [-0.25, -0.2) is 4.98 Å². The Balaban J connectivity index is 2.40. The van der Waals surface area contributed by atoms with Crippen LogP contribution in [0.15, 0.2) is 4.79 Å². The number of ether oxygens (including phenoxy) is 1. The van der Waals surface area contributed by atoms with Crippen molar-refractivity contribution < 1.29 is 4.74 Å². The van der Waals surface area contributed by atoms with E-state index < -0.39 is 0 Å². The summed E-state index contributed by atoms with van der Waals surface area (Å²) in [6.45, 7) is 2.77. The van der Waals surface area contributed by atoms with Crippen LogP contribution in [-0.2, 0) is 11.2 Å². The lowest BCUT2D eigenvalue weighted by molar-refractivity contribution is 0.104. The van der Waals surface area contributed by atoms with Crippen LogP contribution in [-0.4, -0.2) is 16.6 Å². The number of nitrogens with zero attached hydrogens (tertiary/aromatic N) is 1. The van der Waals surface area contributed by atoms with Crippen molar-refractivity contribution in [2.75, 3.05) is 6.61 Å². The quantitative estimate of drug-likeness (QED) is 0.845. The van der Waals surface area contributed by atoms with E-state index in [2.05, 4.69) is 9.97 Å². The largest absolute Gasteiger partial charge is 0.370 e. The van der Waals surface area contributed by atoms with Crippen LogP contribution >= 0.6 is 22.6 Å². The minimum absolute atomic E-state index is 0.0139. The van der Waals surface area contributed by atoms with Gasteiger partial charge in [-0.15, -0.1) is 0 Å². The molecular weight excluding hydrogens is 307 g/mol. The van der Waals surface area contributed by atoms with E-state index in [1.54, 1.807) is 0 Å². The minimum Gasteiger partial charge on any atom is -0.370 e. The molecule has 1 unspecified atom stereocenters. The molecule has 1 atom stereocenters. The van der Waals surface area contributed by atoms with Crippen molar-refractivity contribution in [3.05, 3.63) is 25.4 Å². The van der Waals surface area contributed by atoms with E-state index in [0.29, 0.717) is 9.39 Å². The van der Waals surface area contributed by atoms with Gasteiger partial charge in [0.05, 0.1) is 9.26 Å². The van der Waals surface area contributed by atoms with Gasteiger partial charge in [0.2, 0.25) is 0 Å². The van der Waals surface area contributed by atoms with Crippen molar-refractivity contribution in [3.8, 4) is 0 Å². The number of nitrogens with one attached hydrogen (secondary N) is 1. The van der Waals surface area contributed by atoms with Crippen LogP contribution in [0.3, 0.4) is 0 Å². The SMILES string of the molecule is CCc1nc(C2CCCO2)[nH]c(=O)c1I. The molecule has 0 spiro atoms. The first-order valence-electron chi connectivity index (χ1n) is 5.12. The summed E-state index contributed by atoms with van der Waals surface area (Å²) >= 11 is 2.04. The van der Waals surface area contributed by atoms with Crippen molar-refractivity contribution >= 4 is 22.6 Å². The average molecular weight is 320 g/mol. The number of halogens is 1. The van der Waals surface area contributed by atoms with Crippen molar-refractivity contribution in [1.82, 2.24) is 9.97 Å². The van der Waals surface area contributed by atoms with E-state index in [9.17, 15) is 4.79 Å². The van der Waals surface area contributed by atoms with Gasteiger partial charge in [0.15, 0.2) is 0 Å². The number of aromatic amines is 1. The van der Waals surface area contributed by atoms with E-state index >= 15 is 0 Å². The molecule has 1 aromatic heterocycles. The number of aromatic nitrogens is 2. The Bertz CT molecular complexity index is 410. The monoisotopic (exact) mass is 320 g/mol. The number of H-pyrrole nitrogens is 1. The van der Waals surface area contributed by atoms with E-state index in [0.717, 1.165) is 31.6 Å². The van der Waals surface area contributed by atoms with Gasteiger partial charge in [0.25, 0.3) is 5.56 Å². The van der Waals surface area contributed by atoms with E-state index in [-0.39, 0.29) is 11.7 Å². The maximum atomic E-state index is 11.6. The van der Waals surface area contributed by atoms with E-state index in [1.807, 2.05) is 29.5 Å². The summed E-state index contributed by atoms with van der Waals surface area (Å²) < 4.78 is 6.19. The Hall–Kier alpha value is -0.430. The van der Waals surface area contributed by atoms with Gasteiger partial charge in [-0.1, -0.05) is 6.92 Å². The third-order valence-electron chi connectivity index (χ3n) is 2.52. The molecule has 0 bridgehead atoms. The Kier molecular flexibility index (Phi) is 3.40. The van der Waals surface area contributed by atoms with Crippen LogP contribution in [0.4, 0.5) is 0 Å². The van der Waals surface area contributed by atoms with E-state index in [1.165, 1.54) is 0 Å². The van der Waals surface area contributed by atoms with Crippen LogP contribution in [0.25, 0.3) is 0 Å². The summed E-state index contributed by atoms with van der Waals surface area (Å²) in [6, 6.07) is 0. The fraction of sp³-hybridized carbons (Fsp3) is 0.600. The summed E-state index contributed by atoms with van der Waals surface area (Å²) in [5.74, 6) is 0.690. The highest BCUT2D eigenvalue weighted by Gasteiger charge is 2.21. The maximum absolute atomic E-state index is 11.6. The second-order valence-corrected chi connectivity index (χ2v) is 4.65. The van der Waals surface area contributed by atoms with Crippen molar-refractivity contribution in [2.45, 2.75) is 32.3 Å². The topological polar surface area (TPSA) is 55.0 Å². The molecule has 0 amide bonds. The lowest BCUT2D eigenvalue weighted by Crippen LogP contribution is -2.19. The molecule has 1 saturated heterocycles. The number of rotatable bonds is 2. The molecule has 4 nitrogen and oxygen atoms in total. The molecule has 1 fully saturated rings. The second kappa shape index (κ2) is 4.61. The minimum atomic E-state index is -0.0482. The first kappa shape index (κ1) is 11.1. The smallest absolute Gasteiger partial charge is 0.264 e. The fourth-order valence-corrected chi connectivity index (χ4v) is 2.34. The fourth-order valence-electron chi connectivity index (χ4n) is 1.70. The van der Waals surface area contributed by atoms with Gasteiger partial charge in [-0.3, -0.25) is 4.79 Å². The molecule has 5 heteroatoms. The van der Waals surface area contributed by atoms with Gasteiger partial charge in [-0.05, 0) is 41.9 Å². The molecule has 0 radical (unpaired) electrons.